The van der Waals surface area contributed by atoms with Crippen LogP contribution in [0.5, 0.6) is 0 Å². The Morgan fingerprint density at radius 3 is 2.87 bits per heavy atom. The second-order valence-electron chi connectivity index (χ2n) is 5.32. The second-order valence-corrected chi connectivity index (χ2v) is 6.13. The van der Waals surface area contributed by atoms with Gasteiger partial charge in [0.25, 0.3) is 0 Å². The van der Waals surface area contributed by atoms with Crippen LogP contribution in [0.4, 0.5) is 20.8 Å². The van der Waals surface area contributed by atoms with Gasteiger partial charge in [0, 0.05) is 18.5 Å². The molecule has 0 atom stereocenters. The summed E-state index contributed by atoms with van der Waals surface area (Å²) >= 11 is 3.39. The Morgan fingerprint density at radius 1 is 1.39 bits per heavy atom. The van der Waals surface area contributed by atoms with Gasteiger partial charge in [-0.3, -0.25) is 9.72 Å². The Labute approximate surface area is 139 Å². The number of amides is 2. The number of halogens is 2. The van der Waals surface area contributed by atoms with E-state index < -0.39 is 11.7 Å². The highest BCUT2D eigenvalue weighted by Crippen LogP contribution is 2.26. The first-order chi connectivity index (χ1) is 10.8. The molecule has 0 aliphatic rings. The minimum absolute atomic E-state index is 0.0553. The normalized spacial score (nSPS) is 11.7. The number of carbonyl (C=O) groups is 1. The van der Waals surface area contributed by atoms with E-state index >= 15 is 0 Å². The molecule has 2 N–H and O–H groups in total. The molecule has 0 aliphatic heterocycles. The Morgan fingerprint density at radius 2 is 2.17 bits per heavy atom. The van der Waals surface area contributed by atoms with Crippen LogP contribution in [0.25, 0.3) is 5.65 Å². The number of hydrogen-bond donors (Lipinski definition) is 2. The summed E-state index contributed by atoms with van der Waals surface area (Å²) in [7, 11) is 0. The Balaban J connectivity index is 1.75. The number of carbonyl (C=O) groups excluding carboxylic acids is 1. The molecule has 3 aromatic rings. The number of urea groups is 1. The number of imidazole rings is 1. The molecule has 0 fully saturated rings. The third kappa shape index (κ3) is 3.19. The summed E-state index contributed by atoms with van der Waals surface area (Å²) < 4.78 is 21.2. The number of alkyl halides is 1. The molecular formula is C14H13BrFN5O2. The summed E-state index contributed by atoms with van der Waals surface area (Å²) in [5.74, 6) is 0.0553. The van der Waals surface area contributed by atoms with E-state index in [1.54, 1.807) is 28.9 Å². The van der Waals surface area contributed by atoms with Crippen molar-refractivity contribution in [2.75, 3.05) is 10.6 Å². The molecule has 0 aromatic carbocycles. The van der Waals surface area contributed by atoms with Gasteiger partial charge in [0.15, 0.2) is 11.3 Å². The van der Waals surface area contributed by atoms with Crippen molar-refractivity contribution in [1.29, 1.82) is 0 Å². The van der Waals surface area contributed by atoms with Crippen molar-refractivity contribution in [3.63, 3.8) is 0 Å². The van der Waals surface area contributed by atoms with Crippen molar-refractivity contribution in [1.82, 2.24) is 14.5 Å². The molecule has 120 valence electrons. The maximum Gasteiger partial charge on any atom is 0.326 e. The molecule has 0 saturated carbocycles. The molecule has 7 nitrogen and oxygen atoms in total. The van der Waals surface area contributed by atoms with Gasteiger partial charge < -0.3 is 9.84 Å². The molecule has 0 spiro atoms. The highest BCUT2D eigenvalue weighted by molar-refractivity contribution is 9.10. The minimum atomic E-state index is -1.65. The van der Waals surface area contributed by atoms with Gasteiger partial charge >= 0.3 is 6.03 Å². The molecule has 0 radical (unpaired) electrons. The smallest absolute Gasteiger partial charge is 0.326 e. The highest BCUT2D eigenvalue weighted by Gasteiger charge is 2.24. The number of anilines is 2. The van der Waals surface area contributed by atoms with E-state index in [9.17, 15) is 9.18 Å². The van der Waals surface area contributed by atoms with Crippen LogP contribution in [0.15, 0.2) is 39.7 Å². The standard InChI is InChI=1S/C14H13BrFN5O2/c1-14(2,16)9-7-11(23-20-9)19-13(22)18-8-3-4-10(15)21-6-5-17-12(8)21/h3-7H,1-2H3,(H2,18,19,22). The molecular weight excluding hydrogens is 369 g/mol. The summed E-state index contributed by atoms with van der Waals surface area (Å²) in [6, 6.07) is 4.29. The lowest BCUT2D eigenvalue weighted by atomic mass is 10.1. The number of nitrogens with zero attached hydrogens (tertiary/aromatic N) is 3. The molecule has 0 bridgehead atoms. The predicted octanol–water partition coefficient (Wildman–Crippen LogP) is 3.93. The molecule has 3 aromatic heterocycles. The van der Waals surface area contributed by atoms with Crippen molar-refractivity contribution >= 4 is 39.2 Å². The van der Waals surface area contributed by atoms with Gasteiger partial charge in [-0.1, -0.05) is 5.16 Å². The Bertz CT molecular complexity index is 868. The summed E-state index contributed by atoms with van der Waals surface area (Å²) in [6.45, 7) is 2.71. The first-order valence-electron chi connectivity index (χ1n) is 6.70. The lowest BCUT2D eigenvalue weighted by Crippen LogP contribution is -2.19. The fraction of sp³-hybridized carbons (Fsp3) is 0.214. The summed E-state index contributed by atoms with van der Waals surface area (Å²) in [5, 5.41) is 8.70. The lowest BCUT2D eigenvalue weighted by molar-refractivity contribution is 0.205. The third-order valence-corrected chi connectivity index (χ3v) is 3.75. The van der Waals surface area contributed by atoms with Crippen molar-refractivity contribution < 1.29 is 13.7 Å². The van der Waals surface area contributed by atoms with Crippen LogP contribution in [0, 0.1) is 0 Å². The molecule has 0 aliphatic carbocycles. The van der Waals surface area contributed by atoms with E-state index in [4.69, 9.17) is 4.52 Å². The monoisotopic (exact) mass is 381 g/mol. The molecule has 9 heteroatoms. The molecule has 0 unspecified atom stereocenters. The van der Waals surface area contributed by atoms with Crippen LogP contribution in [0.2, 0.25) is 0 Å². The van der Waals surface area contributed by atoms with Crippen LogP contribution >= 0.6 is 15.9 Å². The van der Waals surface area contributed by atoms with E-state index in [1.807, 2.05) is 0 Å². The van der Waals surface area contributed by atoms with Gasteiger partial charge in [0.1, 0.15) is 5.69 Å². The maximum atomic E-state index is 13.7. The van der Waals surface area contributed by atoms with Gasteiger partial charge in [0.2, 0.25) is 5.88 Å². The Hall–Kier alpha value is -2.42. The van der Waals surface area contributed by atoms with E-state index in [1.165, 1.54) is 19.9 Å². The SMILES string of the molecule is CC(C)(F)c1cc(NC(=O)Nc2ccc(Br)n3ccnc23)on1. The topological polar surface area (TPSA) is 84.5 Å². The highest BCUT2D eigenvalue weighted by atomic mass is 79.9. The number of pyridine rings is 1. The summed E-state index contributed by atoms with van der Waals surface area (Å²) in [4.78, 5) is 16.2. The number of nitrogens with one attached hydrogen (secondary N) is 2. The van der Waals surface area contributed by atoms with Crippen LogP contribution in [0.1, 0.15) is 19.5 Å². The first kappa shape index (κ1) is 15.5. The zero-order chi connectivity index (χ0) is 16.6. The maximum absolute atomic E-state index is 13.7. The lowest BCUT2D eigenvalue weighted by Gasteiger charge is -2.08. The van der Waals surface area contributed by atoms with Gasteiger partial charge in [-0.05, 0) is 41.9 Å². The average Bonchev–Trinajstić information content (AvgIpc) is 3.10. The molecule has 3 rings (SSSR count). The Kier molecular flexibility index (Phi) is 3.80. The van der Waals surface area contributed by atoms with Crippen LogP contribution in [-0.4, -0.2) is 20.6 Å². The van der Waals surface area contributed by atoms with E-state index in [-0.39, 0.29) is 11.6 Å². The largest absolute Gasteiger partial charge is 0.338 e. The van der Waals surface area contributed by atoms with Crippen LogP contribution in [0.3, 0.4) is 0 Å². The number of fused-ring (bicyclic) bond motifs is 1. The molecule has 0 saturated heterocycles. The van der Waals surface area contributed by atoms with Gasteiger partial charge in [-0.15, -0.1) is 0 Å². The van der Waals surface area contributed by atoms with Crippen molar-refractivity contribution in [3.8, 4) is 0 Å². The minimum Gasteiger partial charge on any atom is -0.338 e. The van der Waals surface area contributed by atoms with Gasteiger partial charge in [0.05, 0.1) is 10.3 Å². The number of aromatic nitrogens is 3. The summed E-state index contributed by atoms with van der Waals surface area (Å²) in [5.41, 5.74) is -0.445. The quantitative estimate of drug-likeness (QED) is 0.673. The first-order valence-corrected chi connectivity index (χ1v) is 7.49. The number of hydrogen-bond acceptors (Lipinski definition) is 4. The van der Waals surface area contributed by atoms with Crippen molar-refractivity contribution in [2.24, 2.45) is 0 Å². The molecule has 2 amide bonds. The molecule has 23 heavy (non-hydrogen) atoms. The van der Waals surface area contributed by atoms with E-state index in [0.29, 0.717) is 11.3 Å². The zero-order valence-electron chi connectivity index (χ0n) is 12.3. The van der Waals surface area contributed by atoms with E-state index in [2.05, 4.69) is 36.7 Å². The van der Waals surface area contributed by atoms with Gasteiger partial charge in [-0.2, -0.15) is 0 Å². The third-order valence-electron chi connectivity index (χ3n) is 3.10. The fourth-order valence-electron chi connectivity index (χ4n) is 1.96. The fourth-order valence-corrected chi connectivity index (χ4v) is 2.38. The summed E-state index contributed by atoms with van der Waals surface area (Å²) in [6.07, 6.45) is 3.38. The molecule has 3 heterocycles. The van der Waals surface area contributed by atoms with E-state index in [0.717, 1.165) is 4.60 Å². The van der Waals surface area contributed by atoms with Crippen molar-refractivity contribution in [3.05, 3.63) is 40.9 Å². The van der Waals surface area contributed by atoms with Crippen molar-refractivity contribution in [2.45, 2.75) is 19.5 Å². The van der Waals surface area contributed by atoms with Gasteiger partial charge in [-0.25, -0.2) is 14.2 Å². The van der Waals surface area contributed by atoms with Crippen LogP contribution in [-0.2, 0) is 5.67 Å². The zero-order valence-corrected chi connectivity index (χ0v) is 13.9. The second kappa shape index (κ2) is 5.65. The predicted molar refractivity (Wildman–Crippen MR) is 86.2 cm³/mol. The average molecular weight is 382 g/mol. The number of rotatable bonds is 3. The van der Waals surface area contributed by atoms with Crippen LogP contribution < -0.4 is 10.6 Å².